The Morgan fingerprint density at radius 1 is 1.53 bits per heavy atom. The molecule has 90 valence electrons. The van der Waals surface area contributed by atoms with Crippen LogP contribution in [0.2, 0.25) is 0 Å². The highest BCUT2D eigenvalue weighted by Gasteiger charge is 2.31. The van der Waals surface area contributed by atoms with E-state index in [1.165, 1.54) is 0 Å². The highest BCUT2D eigenvalue weighted by atomic mass is 32.2. The minimum Gasteiger partial charge on any atom is -0.318 e. The standard InChI is InChI=1S/C10H22N2O2S/c1-9-5-4-6-12(8-9)15(13,14)10(2)7-11-3/h9-11H,4-8H2,1-3H3. The summed E-state index contributed by atoms with van der Waals surface area (Å²) in [5.74, 6) is 0.496. The van der Waals surface area contributed by atoms with Crippen molar-refractivity contribution < 1.29 is 8.42 Å². The topological polar surface area (TPSA) is 49.4 Å². The van der Waals surface area contributed by atoms with E-state index >= 15 is 0 Å². The van der Waals surface area contributed by atoms with Crippen molar-refractivity contribution in [2.75, 3.05) is 26.7 Å². The number of rotatable bonds is 4. The van der Waals surface area contributed by atoms with E-state index in [4.69, 9.17) is 0 Å². The van der Waals surface area contributed by atoms with Crippen LogP contribution in [0.5, 0.6) is 0 Å². The SMILES string of the molecule is CNCC(C)S(=O)(=O)N1CCCC(C)C1. The summed E-state index contributed by atoms with van der Waals surface area (Å²) in [5.41, 5.74) is 0. The molecule has 0 aliphatic carbocycles. The molecule has 1 rings (SSSR count). The lowest BCUT2D eigenvalue weighted by atomic mass is 10.0. The van der Waals surface area contributed by atoms with Crippen molar-refractivity contribution in [3.63, 3.8) is 0 Å². The van der Waals surface area contributed by atoms with Gasteiger partial charge in [0.05, 0.1) is 5.25 Å². The Balaban J connectivity index is 2.67. The van der Waals surface area contributed by atoms with Crippen LogP contribution in [-0.4, -0.2) is 44.7 Å². The van der Waals surface area contributed by atoms with Crippen molar-refractivity contribution >= 4 is 10.0 Å². The molecule has 1 heterocycles. The smallest absolute Gasteiger partial charge is 0.217 e. The number of sulfonamides is 1. The van der Waals surface area contributed by atoms with Gasteiger partial charge in [-0.25, -0.2) is 12.7 Å². The second-order valence-corrected chi connectivity index (χ2v) is 6.87. The van der Waals surface area contributed by atoms with E-state index in [0.29, 0.717) is 25.6 Å². The maximum Gasteiger partial charge on any atom is 0.217 e. The molecule has 0 amide bonds. The summed E-state index contributed by atoms with van der Waals surface area (Å²) in [6.07, 6.45) is 2.14. The van der Waals surface area contributed by atoms with Gasteiger partial charge in [-0.3, -0.25) is 0 Å². The predicted molar refractivity (Wildman–Crippen MR) is 62.3 cm³/mol. The zero-order valence-corrected chi connectivity index (χ0v) is 10.7. The number of hydrogen-bond donors (Lipinski definition) is 1. The molecule has 1 aliphatic heterocycles. The van der Waals surface area contributed by atoms with Crippen LogP contribution in [0.3, 0.4) is 0 Å². The van der Waals surface area contributed by atoms with E-state index in [1.807, 2.05) is 0 Å². The van der Waals surface area contributed by atoms with Gasteiger partial charge in [0.2, 0.25) is 10.0 Å². The van der Waals surface area contributed by atoms with Crippen LogP contribution in [0.15, 0.2) is 0 Å². The molecular formula is C10H22N2O2S. The molecule has 4 nitrogen and oxygen atoms in total. The molecular weight excluding hydrogens is 212 g/mol. The quantitative estimate of drug-likeness (QED) is 0.777. The number of hydrogen-bond acceptors (Lipinski definition) is 3. The Hall–Kier alpha value is -0.130. The van der Waals surface area contributed by atoms with Crippen LogP contribution in [0, 0.1) is 5.92 Å². The van der Waals surface area contributed by atoms with Gasteiger partial charge in [-0.1, -0.05) is 6.92 Å². The lowest BCUT2D eigenvalue weighted by molar-refractivity contribution is 0.279. The maximum absolute atomic E-state index is 12.1. The first-order chi connectivity index (χ1) is 6.98. The van der Waals surface area contributed by atoms with Gasteiger partial charge >= 0.3 is 0 Å². The summed E-state index contributed by atoms with van der Waals surface area (Å²) in [4.78, 5) is 0. The fourth-order valence-corrected chi connectivity index (χ4v) is 3.76. The molecule has 2 atom stereocenters. The molecule has 0 spiro atoms. The van der Waals surface area contributed by atoms with Gasteiger partial charge in [-0.15, -0.1) is 0 Å². The van der Waals surface area contributed by atoms with Crippen LogP contribution in [-0.2, 0) is 10.0 Å². The van der Waals surface area contributed by atoms with Gasteiger partial charge < -0.3 is 5.32 Å². The molecule has 2 unspecified atom stereocenters. The Morgan fingerprint density at radius 3 is 2.73 bits per heavy atom. The molecule has 1 N–H and O–H groups in total. The zero-order valence-electron chi connectivity index (χ0n) is 9.86. The number of nitrogens with one attached hydrogen (secondary N) is 1. The molecule has 1 saturated heterocycles. The van der Waals surface area contributed by atoms with E-state index < -0.39 is 10.0 Å². The fraction of sp³-hybridized carbons (Fsp3) is 1.00. The first kappa shape index (κ1) is 12.9. The summed E-state index contributed by atoms with van der Waals surface area (Å²) in [5, 5.41) is 2.59. The molecule has 0 aromatic heterocycles. The summed E-state index contributed by atoms with van der Waals surface area (Å²) >= 11 is 0. The van der Waals surface area contributed by atoms with Gasteiger partial charge in [0.25, 0.3) is 0 Å². The molecule has 0 bridgehead atoms. The van der Waals surface area contributed by atoms with E-state index in [2.05, 4.69) is 12.2 Å². The summed E-state index contributed by atoms with van der Waals surface area (Å²) in [6.45, 7) is 5.79. The average molecular weight is 234 g/mol. The van der Waals surface area contributed by atoms with Gasteiger partial charge in [-0.2, -0.15) is 0 Å². The highest BCUT2D eigenvalue weighted by Crippen LogP contribution is 2.20. The van der Waals surface area contributed by atoms with E-state index in [-0.39, 0.29) is 5.25 Å². The van der Waals surface area contributed by atoms with Crippen LogP contribution >= 0.6 is 0 Å². The molecule has 0 saturated carbocycles. The highest BCUT2D eigenvalue weighted by molar-refractivity contribution is 7.89. The summed E-state index contributed by atoms with van der Waals surface area (Å²) < 4.78 is 25.9. The molecule has 1 fully saturated rings. The van der Waals surface area contributed by atoms with Crippen molar-refractivity contribution in [2.45, 2.75) is 31.9 Å². The van der Waals surface area contributed by atoms with E-state index in [1.54, 1.807) is 18.3 Å². The minimum atomic E-state index is -3.09. The molecule has 1 aliphatic rings. The Kier molecular flexibility index (Phi) is 4.55. The summed E-state index contributed by atoms with van der Waals surface area (Å²) in [7, 11) is -1.30. The first-order valence-electron chi connectivity index (χ1n) is 5.62. The lowest BCUT2D eigenvalue weighted by Crippen LogP contribution is -2.45. The Labute approximate surface area is 93.1 Å². The third-order valence-electron chi connectivity index (χ3n) is 2.98. The second-order valence-electron chi connectivity index (χ2n) is 4.52. The minimum absolute atomic E-state index is 0.326. The lowest BCUT2D eigenvalue weighted by Gasteiger charge is -2.32. The van der Waals surface area contributed by atoms with Crippen molar-refractivity contribution in [3.05, 3.63) is 0 Å². The monoisotopic (exact) mass is 234 g/mol. The summed E-state index contributed by atoms with van der Waals surface area (Å²) in [6, 6.07) is 0. The molecule has 0 radical (unpaired) electrons. The van der Waals surface area contributed by atoms with Crippen molar-refractivity contribution in [1.82, 2.24) is 9.62 Å². The van der Waals surface area contributed by atoms with Crippen LogP contribution in [0.25, 0.3) is 0 Å². The van der Waals surface area contributed by atoms with Crippen LogP contribution < -0.4 is 5.32 Å². The Morgan fingerprint density at radius 2 is 2.20 bits per heavy atom. The zero-order chi connectivity index (χ0) is 11.5. The van der Waals surface area contributed by atoms with E-state index in [9.17, 15) is 8.42 Å². The third kappa shape index (κ3) is 3.16. The fourth-order valence-electron chi connectivity index (χ4n) is 2.02. The maximum atomic E-state index is 12.1. The van der Waals surface area contributed by atoms with Gasteiger partial charge in [0.15, 0.2) is 0 Å². The molecule has 0 aromatic rings. The largest absolute Gasteiger partial charge is 0.318 e. The van der Waals surface area contributed by atoms with Crippen molar-refractivity contribution in [2.24, 2.45) is 5.92 Å². The second kappa shape index (κ2) is 5.27. The van der Waals surface area contributed by atoms with Gasteiger partial charge in [0, 0.05) is 19.6 Å². The predicted octanol–water partition coefficient (Wildman–Crippen LogP) is 0.656. The van der Waals surface area contributed by atoms with Gasteiger partial charge in [0.1, 0.15) is 0 Å². The van der Waals surface area contributed by atoms with Gasteiger partial charge in [-0.05, 0) is 32.7 Å². The first-order valence-corrected chi connectivity index (χ1v) is 7.12. The van der Waals surface area contributed by atoms with Crippen molar-refractivity contribution in [1.29, 1.82) is 0 Å². The Bertz CT molecular complexity index is 290. The van der Waals surface area contributed by atoms with Crippen LogP contribution in [0.4, 0.5) is 0 Å². The average Bonchev–Trinajstić information content (AvgIpc) is 2.18. The van der Waals surface area contributed by atoms with Crippen molar-refractivity contribution in [3.8, 4) is 0 Å². The molecule has 15 heavy (non-hydrogen) atoms. The number of nitrogens with zero attached hydrogens (tertiary/aromatic N) is 1. The normalized spacial score (nSPS) is 26.5. The third-order valence-corrected chi connectivity index (χ3v) is 5.21. The van der Waals surface area contributed by atoms with E-state index in [0.717, 1.165) is 12.8 Å². The molecule has 0 aromatic carbocycles. The molecule has 5 heteroatoms. The number of piperidine rings is 1. The van der Waals surface area contributed by atoms with Crippen LogP contribution in [0.1, 0.15) is 26.7 Å².